The molecule has 0 N–H and O–H groups in total. The lowest BCUT2D eigenvalue weighted by Crippen LogP contribution is -2.18. The Labute approximate surface area is 145 Å². The summed E-state index contributed by atoms with van der Waals surface area (Å²) in [7, 11) is -5.40. The van der Waals surface area contributed by atoms with Crippen molar-refractivity contribution in [1.29, 1.82) is 5.26 Å². The van der Waals surface area contributed by atoms with Gasteiger partial charge in [0, 0.05) is 14.4 Å². The molecule has 0 radical (unpaired) electrons. The summed E-state index contributed by atoms with van der Waals surface area (Å²) in [5.74, 6) is -1.41. The van der Waals surface area contributed by atoms with Gasteiger partial charge in [-0.15, -0.1) is 0 Å². The molecule has 0 aliphatic heterocycles. The molecular weight excluding hydrogens is 384 g/mol. The summed E-state index contributed by atoms with van der Waals surface area (Å²) in [5.41, 5.74) is 0. The summed E-state index contributed by atoms with van der Waals surface area (Å²) in [6.45, 7) is 10.5. The second-order valence-electron chi connectivity index (χ2n) is 6.27. The van der Waals surface area contributed by atoms with Gasteiger partial charge in [0.1, 0.15) is 5.75 Å². The van der Waals surface area contributed by atoms with Crippen molar-refractivity contribution in [3.05, 3.63) is 10.1 Å². The molecule has 0 fully saturated rings. The van der Waals surface area contributed by atoms with Crippen LogP contribution >= 0.6 is 21.6 Å². The maximum absolute atomic E-state index is 11.0. The van der Waals surface area contributed by atoms with E-state index in [0.717, 1.165) is 10.8 Å². The maximum atomic E-state index is 11.0. The molecule has 0 spiro atoms. The fraction of sp³-hybridized carbons (Fsp3) is 0.909. The van der Waals surface area contributed by atoms with Crippen LogP contribution in [0, 0.1) is 21.4 Å². The predicted octanol–water partition coefficient (Wildman–Crippen LogP) is 2.45. The highest BCUT2D eigenvalue weighted by Gasteiger charge is 2.26. The van der Waals surface area contributed by atoms with Crippen molar-refractivity contribution in [2.24, 2.45) is 0 Å². The van der Waals surface area contributed by atoms with E-state index in [-0.39, 0.29) is 4.75 Å². The van der Waals surface area contributed by atoms with E-state index in [1.807, 2.05) is 0 Å². The maximum Gasteiger partial charge on any atom is 0.311 e. The van der Waals surface area contributed by atoms with Crippen molar-refractivity contribution in [2.45, 2.75) is 51.0 Å². The Morgan fingerprint density at radius 3 is 1.57 bits per heavy atom. The quantitative estimate of drug-likeness (QED) is 0.383. The third-order valence-corrected chi connectivity index (χ3v) is 8.97. The van der Waals surface area contributed by atoms with Crippen LogP contribution in [-0.4, -0.2) is 42.9 Å². The zero-order valence-corrected chi connectivity index (χ0v) is 17.2. The SMILES string of the molecule is CC(C)(C)SS(=O)(=O)CC#N.CC(C)(C)SS(=O)(=O)C[N+](=O)[O-]. The summed E-state index contributed by atoms with van der Waals surface area (Å²) < 4.78 is 43.1. The van der Waals surface area contributed by atoms with Crippen molar-refractivity contribution in [2.75, 3.05) is 11.6 Å². The Kier molecular flexibility index (Phi) is 9.79. The van der Waals surface area contributed by atoms with Gasteiger partial charge in [0.05, 0.1) is 6.07 Å². The molecular formula is C11H22N2O6S4. The van der Waals surface area contributed by atoms with Gasteiger partial charge >= 0.3 is 5.88 Å². The molecule has 0 rings (SSSR count). The third kappa shape index (κ3) is 19.4. The molecule has 0 aromatic rings. The van der Waals surface area contributed by atoms with Crippen molar-refractivity contribution < 1.29 is 21.8 Å². The minimum Gasteiger partial charge on any atom is -0.263 e. The van der Waals surface area contributed by atoms with Gasteiger partial charge in [-0.3, -0.25) is 10.1 Å². The largest absolute Gasteiger partial charge is 0.311 e. The van der Waals surface area contributed by atoms with Gasteiger partial charge in [0.2, 0.25) is 8.87 Å². The number of nitro groups is 1. The van der Waals surface area contributed by atoms with Crippen LogP contribution in [0.4, 0.5) is 0 Å². The second kappa shape index (κ2) is 9.10. The first-order valence-electron chi connectivity index (χ1n) is 6.24. The van der Waals surface area contributed by atoms with E-state index in [2.05, 4.69) is 0 Å². The molecule has 23 heavy (non-hydrogen) atoms. The molecule has 12 heteroatoms. The van der Waals surface area contributed by atoms with Gasteiger partial charge < -0.3 is 0 Å². The minimum absolute atomic E-state index is 0.338. The first kappa shape index (κ1) is 24.7. The van der Waals surface area contributed by atoms with Crippen LogP contribution < -0.4 is 0 Å². The highest BCUT2D eigenvalue weighted by molar-refractivity contribution is 8.72. The van der Waals surface area contributed by atoms with Gasteiger partial charge in [0.25, 0.3) is 8.87 Å². The fourth-order valence-corrected chi connectivity index (χ4v) is 8.40. The molecule has 0 aliphatic rings. The highest BCUT2D eigenvalue weighted by atomic mass is 33.1. The summed E-state index contributed by atoms with van der Waals surface area (Å²) in [6, 6.07) is 1.62. The van der Waals surface area contributed by atoms with Gasteiger partial charge in [-0.25, -0.2) is 16.8 Å². The first-order chi connectivity index (χ1) is 9.89. The minimum atomic E-state index is -3.62. The molecule has 0 aromatic carbocycles. The average molecular weight is 407 g/mol. The lowest BCUT2D eigenvalue weighted by Gasteiger charge is -2.15. The normalized spacial score (nSPS) is 12.7. The molecule has 0 unspecified atom stereocenters. The van der Waals surface area contributed by atoms with E-state index in [1.54, 1.807) is 47.6 Å². The second-order valence-corrected chi connectivity index (χ2v) is 15.9. The standard InChI is InChI=1S/C6H11NO2S2.C5H11NO4S2/c1-6(2,3)10-11(8,9)5-4-7;1-5(2,3)11-12(9,10)4-6(7)8/h5H2,1-3H3;4H2,1-3H3. The molecule has 0 bridgehead atoms. The number of hydrogen-bond acceptors (Lipinski definition) is 9. The smallest absolute Gasteiger partial charge is 0.263 e. The van der Waals surface area contributed by atoms with Crippen LogP contribution in [0.3, 0.4) is 0 Å². The van der Waals surface area contributed by atoms with Crippen molar-refractivity contribution in [3.63, 3.8) is 0 Å². The molecule has 0 saturated carbocycles. The van der Waals surface area contributed by atoms with Crippen LogP contribution in [-0.2, 0) is 17.7 Å². The van der Waals surface area contributed by atoms with Gasteiger partial charge in [-0.05, 0) is 63.1 Å². The van der Waals surface area contributed by atoms with E-state index >= 15 is 0 Å². The monoisotopic (exact) mass is 406 g/mol. The van der Waals surface area contributed by atoms with Crippen LogP contribution in [0.25, 0.3) is 0 Å². The van der Waals surface area contributed by atoms with E-state index < -0.39 is 39.0 Å². The fourth-order valence-electron chi connectivity index (χ4n) is 1.03. The number of nitriles is 1. The molecule has 0 amide bonds. The summed E-state index contributed by atoms with van der Waals surface area (Å²) in [4.78, 5) is 9.07. The van der Waals surface area contributed by atoms with Crippen molar-refractivity contribution >= 4 is 39.3 Å². The van der Waals surface area contributed by atoms with E-state index in [4.69, 9.17) is 5.26 Å². The lowest BCUT2D eigenvalue weighted by molar-refractivity contribution is -0.458. The zero-order valence-electron chi connectivity index (χ0n) is 13.9. The first-order valence-corrected chi connectivity index (χ1v) is 12.2. The number of rotatable bonds is 5. The zero-order chi connectivity index (χ0) is 19.1. The topological polar surface area (TPSA) is 135 Å². The number of nitrogens with zero attached hydrogens (tertiary/aromatic N) is 2. The van der Waals surface area contributed by atoms with Crippen LogP contribution in [0.5, 0.6) is 0 Å². The Balaban J connectivity index is 0. The summed E-state index contributed by atoms with van der Waals surface area (Å²) in [6.07, 6.45) is 0. The molecule has 0 aromatic heterocycles. The van der Waals surface area contributed by atoms with Crippen LogP contribution in [0.2, 0.25) is 0 Å². The Morgan fingerprint density at radius 1 is 0.957 bits per heavy atom. The Hall–Kier alpha value is -0.510. The van der Waals surface area contributed by atoms with E-state index in [9.17, 15) is 26.9 Å². The Bertz CT molecular complexity index is 635. The lowest BCUT2D eigenvalue weighted by atomic mass is 10.3. The Morgan fingerprint density at radius 2 is 1.30 bits per heavy atom. The third-order valence-electron chi connectivity index (χ3n) is 1.26. The van der Waals surface area contributed by atoms with Gasteiger partial charge in [0.15, 0.2) is 0 Å². The van der Waals surface area contributed by atoms with Crippen LogP contribution in [0.15, 0.2) is 0 Å². The van der Waals surface area contributed by atoms with Crippen molar-refractivity contribution in [1.82, 2.24) is 0 Å². The molecule has 136 valence electrons. The molecule has 8 nitrogen and oxygen atoms in total. The number of hydrogen-bond donors (Lipinski definition) is 0. The molecule has 0 atom stereocenters. The highest BCUT2D eigenvalue weighted by Crippen LogP contribution is 2.30. The van der Waals surface area contributed by atoms with Crippen molar-refractivity contribution in [3.8, 4) is 6.07 Å². The van der Waals surface area contributed by atoms with E-state index in [0.29, 0.717) is 10.8 Å². The molecule has 0 heterocycles. The van der Waals surface area contributed by atoms with Gasteiger partial charge in [-0.2, -0.15) is 5.26 Å². The predicted molar refractivity (Wildman–Crippen MR) is 94.9 cm³/mol. The van der Waals surface area contributed by atoms with Gasteiger partial charge in [-0.1, -0.05) is 0 Å². The summed E-state index contributed by atoms with van der Waals surface area (Å²) in [5, 5.41) is 18.1. The average Bonchev–Trinajstić information content (AvgIpc) is 2.05. The molecule has 0 aliphatic carbocycles. The summed E-state index contributed by atoms with van der Waals surface area (Å²) >= 11 is 0. The van der Waals surface area contributed by atoms with E-state index in [1.165, 1.54) is 0 Å². The molecule has 0 saturated heterocycles. The van der Waals surface area contributed by atoms with Crippen LogP contribution in [0.1, 0.15) is 41.5 Å².